The molecule has 1 aliphatic heterocycles. The van der Waals surface area contributed by atoms with E-state index in [4.69, 9.17) is 25.8 Å². The van der Waals surface area contributed by atoms with E-state index in [2.05, 4.69) is 10.3 Å². The van der Waals surface area contributed by atoms with E-state index in [1.54, 1.807) is 45.9 Å². The molecular weight excluding hydrogens is 492 g/mol. The Kier molecular flexibility index (Phi) is 7.83. The summed E-state index contributed by atoms with van der Waals surface area (Å²) in [5.41, 5.74) is 4.53. The number of aromatic nitrogens is 1. The van der Waals surface area contributed by atoms with Crippen LogP contribution in [0.5, 0.6) is 11.5 Å². The number of carbonyl (C=O) groups is 2. The molecule has 2 aromatic carbocycles. The van der Waals surface area contributed by atoms with Gasteiger partial charge in [0, 0.05) is 22.8 Å². The van der Waals surface area contributed by atoms with Crippen molar-refractivity contribution in [3.8, 4) is 11.5 Å². The number of nitrogens with one attached hydrogen (secondary N) is 1. The molecule has 0 bridgehead atoms. The maximum absolute atomic E-state index is 13.0. The predicted octanol–water partition coefficient (Wildman–Crippen LogP) is 6.35. The van der Waals surface area contributed by atoms with Gasteiger partial charge in [-0.2, -0.15) is 0 Å². The molecule has 8 heteroatoms. The molecule has 0 amide bonds. The fourth-order valence-corrected chi connectivity index (χ4v) is 4.69. The monoisotopic (exact) mass is 520 g/mol. The molecule has 4 rings (SSSR count). The van der Waals surface area contributed by atoms with Gasteiger partial charge >= 0.3 is 11.9 Å². The highest BCUT2D eigenvalue weighted by Crippen LogP contribution is 2.40. The molecule has 192 valence electrons. The molecule has 0 unspecified atom stereocenters. The molecule has 1 aliphatic rings. The average Bonchev–Trinajstić information content (AvgIpc) is 2.84. The molecule has 0 aliphatic carbocycles. The number of pyridine rings is 1. The minimum absolute atomic E-state index is 0.217. The predicted molar refractivity (Wildman–Crippen MR) is 143 cm³/mol. The summed E-state index contributed by atoms with van der Waals surface area (Å²) in [6.07, 6.45) is 0. The van der Waals surface area contributed by atoms with Crippen LogP contribution in [0.15, 0.2) is 71.1 Å². The number of halogens is 1. The van der Waals surface area contributed by atoms with Crippen LogP contribution in [0.1, 0.15) is 44.7 Å². The van der Waals surface area contributed by atoms with Gasteiger partial charge in [0.1, 0.15) is 16.7 Å². The van der Waals surface area contributed by atoms with Crippen molar-refractivity contribution in [2.45, 2.75) is 40.5 Å². The summed E-state index contributed by atoms with van der Waals surface area (Å²) in [7, 11) is 0. The lowest BCUT2D eigenvalue weighted by molar-refractivity contribution is -0.139. The standard InChI is InChI=1S/C29H29ClN2O5/c1-6-35-28(33)25-17(4)31-18(5)26(29(34)36-7-2)27(25)19-9-11-20(12-10-19)37-23-15-24(30)32-22-14-16(3)8-13-21(22)23/h8-15,27,31H,6-7H2,1-5H3. The summed E-state index contributed by atoms with van der Waals surface area (Å²) < 4.78 is 16.8. The SMILES string of the molecule is CCOC(=O)C1=C(C)NC(C)=C(C(=O)OCC)C1c1ccc(Oc2cc(Cl)nc3cc(C)ccc23)cc1. The molecule has 0 saturated carbocycles. The van der Waals surface area contributed by atoms with Crippen molar-refractivity contribution in [2.75, 3.05) is 13.2 Å². The highest BCUT2D eigenvalue weighted by molar-refractivity contribution is 6.30. The van der Waals surface area contributed by atoms with Gasteiger partial charge in [0.05, 0.1) is 35.8 Å². The van der Waals surface area contributed by atoms with Gasteiger partial charge in [-0.1, -0.05) is 29.8 Å². The van der Waals surface area contributed by atoms with Crippen LogP contribution in [-0.2, 0) is 19.1 Å². The van der Waals surface area contributed by atoms with Crippen molar-refractivity contribution in [3.63, 3.8) is 0 Å². The number of dihydropyridines is 1. The number of hydrogen-bond donors (Lipinski definition) is 1. The van der Waals surface area contributed by atoms with Gasteiger partial charge in [0.25, 0.3) is 0 Å². The second-order valence-electron chi connectivity index (χ2n) is 8.71. The Bertz CT molecular complexity index is 1380. The zero-order valence-electron chi connectivity index (χ0n) is 21.5. The van der Waals surface area contributed by atoms with E-state index >= 15 is 0 Å². The summed E-state index contributed by atoms with van der Waals surface area (Å²) in [6, 6.07) is 14.8. The lowest BCUT2D eigenvalue weighted by Crippen LogP contribution is -2.32. The van der Waals surface area contributed by atoms with Crippen molar-refractivity contribution < 1.29 is 23.8 Å². The van der Waals surface area contributed by atoms with Crippen LogP contribution in [0.3, 0.4) is 0 Å². The summed E-state index contributed by atoms with van der Waals surface area (Å²) in [5.74, 6) is -0.484. The maximum atomic E-state index is 13.0. The zero-order valence-corrected chi connectivity index (χ0v) is 22.2. The van der Waals surface area contributed by atoms with Crippen LogP contribution in [0, 0.1) is 6.92 Å². The van der Waals surface area contributed by atoms with E-state index in [1.165, 1.54) is 0 Å². The first kappa shape index (κ1) is 26.2. The number of fused-ring (bicyclic) bond motifs is 1. The molecule has 0 saturated heterocycles. The average molecular weight is 521 g/mol. The molecule has 0 spiro atoms. The lowest BCUT2D eigenvalue weighted by atomic mass is 9.80. The van der Waals surface area contributed by atoms with Gasteiger partial charge in [-0.25, -0.2) is 14.6 Å². The molecular formula is C29H29ClN2O5. The third-order valence-corrected chi connectivity index (χ3v) is 6.28. The van der Waals surface area contributed by atoms with Crippen LogP contribution in [0.25, 0.3) is 10.9 Å². The van der Waals surface area contributed by atoms with Gasteiger partial charge in [0.2, 0.25) is 0 Å². The maximum Gasteiger partial charge on any atom is 0.336 e. The van der Waals surface area contributed by atoms with Crippen molar-refractivity contribution in [1.82, 2.24) is 10.3 Å². The third kappa shape index (κ3) is 5.47. The van der Waals surface area contributed by atoms with E-state index in [-0.39, 0.29) is 13.2 Å². The quantitative estimate of drug-likeness (QED) is 0.287. The van der Waals surface area contributed by atoms with Crippen LogP contribution in [-0.4, -0.2) is 30.1 Å². The number of hydrogen-bond acceptors (Lipinski definition) is 7. The number of carbonyl (C=O) groups excluding carboxylic acids is 2. The van der Waals surface area contributed by atoms with E-state index in [9.17, 15) is 9.59 Å². The van der Waals surface area contributed by atoms with Crippen molar-refractivity contribution in [3.05, 3.63) is 87.4 Å². The lowest BCUT2D eigenvalue weighted by Gasteiger charge is -2.30. The third-order valence-electron chi connectivity index (χ3n) is 6.09. The molecule has 0 atom stereocenters. The Morgan fingerprint density at radius 2 is 1.49 bits per heavy atom. The van der Waals surface area contributed by atoms with E-state index in [1.807, 2.05) is 37.3 Å². The van der Waals surface area contributed by atoms with E-state index < -0.39 is 17.9 Å². The molecule has 3 aromatic rings. The van der Waals surface area contributed by atoms with E-state index in [0.29, 0.717) is 39.2 Å². The fourth-order valence-electron chi connectivity index (χ4n) is 4.50. The van der Waals surface area contributed by atoms with Gasteiger partial charge < -0.3 is 19.5 Å². The molecule has 0 radical (unpaired) electrons. The first-order valence-electron chi connectivity index (χ1n) is 12.1. The molecule has 0 fully saturated rings. The highest BCUT2D eigenvalue weighted by Gasteiger charge is 2.37. The van der Waals surface area contributed by atoms with E-state index in [0.717, 1.165) is 22.0 Å². The van der Waals surface area contributed by atoms with Crippen LogP contribution in [0.4, 0.5) is 0 Å². The smallest absolute Gasteiger partial charge is 0.336 e. The van der Waals surface area contributed by atoms with Gasteiger partial charge in [-0.15, -0.1) is 0 Å². The minimum Gasteiger partial charge on any atom is -0.463 e. The Labute approximate surface area is 221 Å². The summed E-state index contributed by atoms with van der Waals surface area (Å²) in [5, 5.41) is 4.31. The van der Waals surface area contributed by atoms with Gasteiger partial charge in [-0.05, 0) is 70.0 Å². The summed E-state index contributed by atoms with van der Waals surface area (Å²) in [4.78, 5) is 30.3. The number of esters is 2. The normalized spacial score (nSPS) is 14.0. The molecule has 1 N–H and O–H groups in total. The Hall–Kier alpha value is -3.84. The number of aryl methyl sites for hydroxylation is 1. The number of allylic oxidation sites excluding steroid dienone is 2. The number of nitrogens with zero attached hydrogens (tertiary/aromatic N) is 1. The Morgan fingerprint density at radius 3 is 2.05 bits per heavy atom. The fraction of sp³-hybridized carbons (Fsp3) is 0.276. The highest BCUT2D eigenvalue weighted by atomic mass is 35.5. The zero-order chi connectivity index (χ0) is 26.7. The molecule has 1 aromatic heterocycles. The first-order chi connectivity index (χ1) is 17.7. The second-order valence-corrected chi connectivity index (χ2v) is 9.10. The summed E-state index contributed by atoms with van der Waals surface area (Å²) >= 11 is 6.24. The Balaban J connectivity index is 1.73. The van der Waals surface area contributed by atoms with Crippen LogP contribution >= 0.6 is 11.6 Å². The van der Waals surface area contributed by atoms with Gasteiger partial charge in [0.15, 0.2) is 0 Å². The summed E-state index contributed by atoms with van der Waals surface area (Å²) in [6.45, 7) is 9.50. The van der Waals surface area contributed by atoms with Crippen molar-refractivity contribution in [2.24, 2.45) is 0 Å². The molecule has 7 nitrogen and oxygen atoms in total. The Morgan fingerprint density at radius 1 is 0.892 bits per heavy atom. The molecule has 2 heterocycles. The topological polar surface area (TPSA) is 86.8 Å². The van der Waals surface area contributed by atoms with Gasteiger partial charge in [-0.3, -0.25) is 0 Å². The minimum atomic E-state index is -0.660. The molecule has 37 heavy (non-hydrogen) atoms. The largest absolute Gasteiger partial charge is 0.463 e. The number of benzene rings is 2. The number of ether oxygens (including phenoxy) is 3. The van der Waals surface area contributed by atoms with Crippen molar-refractivity contribution in [1.29, 1.82) is 0 Å². The van der Waals surface area contributed by atoms with Crippen LogP contribution < -0.4 is 10.1 Å². The first-order valence-corrected chi connectivity index (χ1v) is 12.5. The van der Waals surface area contributed by atoms with Crippen LogP contribution in [0.2, 0.25) is 5.15 Å². The second kappa shape index (κ2) is 11.0. The number of rotatable bonds is 7. The van der Waals surface area contributed by atoms with Crippen molar-refractivity contribution >= 4 is 34.4 Å².